The van der Waals surface area contributed by atoms with Crippen molar-refractivity contribution in [3.8, 4) is 39.2 Å². The summed E-state index contributed by atoms with van der Waals surface area (Å²) < 4.78 is 18.1. The molecule has 7 unspecified atom stereocenters. The van der Waals surface area contributed by atoms with Crippen molar-refractivity contribution in [1.82, 2.24) is 45.3 Å². The number of nitrogens with one attached hydrogen (secondary N) is 1. The third kappa shape index (κ3) is 11.4. The van der Waals surface area contributed by atoms with Gasteiger partial charge in [-0.3, -0.25) is 19.4 Å². The maximum atomic E-state index is 14.3. The van der Waals surface area contributed by atoms with Gasteiger partial charge in [-0.1, -0.05) is 50.2 Å². The molecular formula is C55H68N12O7S. The van der Waals surface area contributed by atoms with Crippen molar-refractivity contribution in [2.75, 3.05) is 81.1 Å². The minimum absolute atomic E-state index is 0.0503. The number of aromatic nitrogens is 5. The zero-order valence-corrected chi connectivity index (χ0v) is 44.1. The molecule has 10 rings (SSSR count). The van der Waals surface area contributed by atoms with E-state index in [1.807, 2.05) is 81.9 Å². The number of fused-ring (bicyclic) bond motifs is 2. The average molecular weight is 1040 g/mol. The zero-order chi connectivity index (χ0) is 52.3. The number of hydrogen-bond acceptors (Lipinski definition) is 18. The van der Waals surface area contributed by atoms with Crippen LogP contribution in [0.25, 0.3) is 21.7 Å². The number of phenols is 1. The minimum atomic E-state index is -0.833. The molecule has 7 atom stereocenters. The van der Waals surface area contributed by atoms with Crippen LogP contribution in [0.2, 0.25) is 0 Å². The highest BCUT2D eigenvalue weighted by molar-refractivity contribution is 7.13. The predicted molar refractivity (Wildman–Crippen MR) is 287 cm³/mol. The molecule has 2 bridgehead atoms. The summed E-state index contributed by atoms with van der Waals surface area (Å²) in [4.78, 5) is 49.2. The Balaban J connectivity index is 0.666. The number of rotatable bonds is 18. The van der Waals surface area contributed by atoms with Gasteiger partial charge in [-0.2, -0.15) is 0 Å². The van der Waals surface area contributed by atoms with Gasteiger partial charge in [0.05, 0.1) is 39.6 Å². The molecule has 4 saturated heterocycles. The molecule has 396 valence electrons. The first-order valence-electron chi connectivity index (χ1n) is 26.2. The largest absolute Gasteiger partial charge is 0.507 e. The number of pyridine rings is 1. The Morgan fingerprint density at radius 2 is 1.67 bits per heavy atom. The molecule has 5 N–H and O–H groups in total. The monoisotopic (exact) mass is 1040 g/mol. The second kappa shape index (κ2) is 22.5. The molecule has 2 amide bonds. The molecule has 8 heterocycles. The number of aryl methyl sites for hydroxylation is 1. The summed E-state index contributed by atoms with van der Waals surface area (Å²) in [6, 6.07) is 22.6. The second-order valence-corrected chi connectivity index (χ2v) is 21.6. The van der Waals surface area contributed by atoms with E-state index in [0.717, 1.165) is 85.2 Å². The van der Waals surface area contributed by atoms with Crippen LogP contribution < -0.4 is 30.3 Å². The number of β-amino-alcohol motifs (C(OH)–C–C–N with tert-alkyl or cyclic N) is 1. The number of phenolic OH excluding ortho intramolecular Hbond substituents is 1. The molecule has 19 nitrogen and oxygen atoms in total. The van der Waals surface area contributed by atoms with Gasteiger partial charge < -0.3 is 50.0 Å². The maximum absolute atomic E-state index is 14.3. The molecule has 4 aliphatic heterocycles. The normalized spacial score (nSPS) is 21.9. The van der Waals surface area contributed by atoms with Crippen LogP contribution in [0.1, 0.15) is 75.9 Å². The van der Waals surface area contributed by atoms with E-state index in [0.29, 0.717) is 60.4 Å². The molecule has 0 radical (unpaired) electrons. The van der Waals surface area contributed by atoms with Crippen molar-refractivity contribution in [2.24, 2.45) is 5.92 Å². The summed E-state index contributed by atoms with van der Waals surface area (Å²) in [5, 5.41) is 37.0. The van der Waals surface area contributed by atoms with Gasteiger partial charge in [0.1, 0.15) is 30.9 Å². The van der Waals surface area contributed by atoms with Crippen LogP contribution in [0, 0.1) is 12.8 Å². The van der Waals surface area contributed by atoms with Crippen molar-refractivity contribution in [1.29, 1.82) is 0 Å². The number of ether oxygens (including phenoxy) is 2. The number of nitrogen functional groups attached to an aromatic ring is 1. The van der Waals surface area contributed by atoms with E-state index in [9.17, 15) is 19.8 Å². The van der Waals surface area contributed by atoms with Crippen molar-refractivity contribution in [3.05, 3.63) is 102 Å². The number of nitrogens with two attached hydrogens (primary N) is 1. The number of aliphatic hydroxyl groups is 1. The van der Waals surface area contributed by atoms with Crippen LogP contribution in [0.15, 0.2) is 89.0 Å². The molecule has 75 heavy (non-hydrogen) atoms. The Morgan fingerprint density at radius 3 is 2.40 bits per heavy atom. The number of benzene rings is 2. The molecule has 4 aromatic heterocycles. The van der Waals surface area contributed by atoms with E-state index in [1.54, 1.807) is 29.5 Å². The molecule has 0 aliphatic carbocycles. The second-order valence-electron chi connectivity index (χ2n) is 20.8. The van der Waals surface area contributed by atoms with Gasteiger partial charge in [-0.25, -0.2) is 9.97 Å². The number of carbonyl (C=O) groups excluding carboxylic acids is 2. The van der Waals surface area contributed by atoms with E-state index >= 15 is 0 Å². The first-order chi connectivity index (χ1) is 36.3. The molecule has 0 spiro atoms. The molecular weight excluding hydrogens is 973 g/mol. The van der Waals surface area contributed by atoms with E-state index < -0.39 is 18.1 Å². The number of aromatic hydroxyl groups is 1. The van der Waals surface area contributed by atoms with Crippen molar-refractivity contribution >= 4 is 40.3 Å². The van der Waals surface area contributed by atoms with E-state index in [2.05, 4.69) is 69.3 Å². The lowest BCUT2D eigenvalue weighted by atomic mass is 9.91. The number of nitrogens with zero attached hydrogens (tertiary/aromatic N) is 10. The van der Waals surface area contributed by atoms with Crippen molar-refractivity contribution < 1.29 is 33.8 Å². The van der Waals surface area contributed by atoms with E-state index in [-0.39, 0.29) is 54.6 Å². The number of anilines is 3. The van der Waals surface area contributed by atoms with E-state index in [1.165, 1.54) is 4.90 Å². The summed E-state index contributed by atoms with van der Waals surface area (Å²) in [7, 11) is 0. The Labute approximate surface area is 441 Å². The number of carbonyl (C=O) groups is 2. The number of para-hydroxylation sites is 1. The lowest BCUT2D eigenvalue weighted by Gasteiger charge is -2.43. The quantitative estimate of drug-likeness (QED) is 0.0758. The Morgan fingerprint density at radius 1 is 0.907 bits per heavy atom. The fourth-order valence-corrected chi connectivity index (χ4v) is 12.2. The first-order valence-corrected chi connectivity index (χ1v) is 27.0. The number of aliphatic hydroxyl groups excluding tert-OH is 1. The van der Waals surface area contributed by atoms with Crippen LogP contribution in [0.4, 0.5) is 17.2 Å². The van der Waals surface area contributed by atoms with Crippen LogP contribution >= 0.6 is 11.3 Å². The molecule has 0 saturated carbocycles. The Hall–Kier alpha value is -6.87. The Bertz CT molecular complexity index is 2920. The lowest BCUT2D eigenvalue weighted by Crippen LogP contribution is -2.54. The van der Waals surface area contributed by atoms with Crippen LogP contribution in [0.5, 0.6) is 17.5 Å². The summed E-state index contributed by atoms with van der Waals surface area (Å²) in [6.07, 6.45) is 3.27. The fraction of sp³-hybridized carbons (Fsp3) is 0.473. The highest BCUT2D eigenvalue weighted by atomic mass is 32.1. The topological polar surface area (TPSA) is 225 Å². The molecule has 2 aromatic carbocycles. The van der Waals surface area contributed by atoms with Gasteiger partial charge in [0.15, 0.2) is 11.6 Å². The number of amides is 2. The minimum Gasteiger partial charge on any atom is -0.507 e. The molecule has 6 aromatic rings. The molecule has 4 aliphatic rings. The first kappa shape index (κ1) is 51.6. The van der Waals surface area contributed by atoms with Gasteiger partial charge in [0.25, 0.3) is 5.88 Å². The predicted octanol–water partition coefficient (Wildman–Crippen LogP) is 6.15. The van der Waals surface area contributed by atoms with Crippen molar-refractivity contribution in [2.45, 2.75) is 96.1 Å². The zero-order valence-electron chi connectivity index (χ0n) is 43.3. The van der Waals surface area contributed by atoms with Gasteiger partial charge in [0, 0.05) is 106 Å². The summed E-state index contributed by atoms with van der Waals surface area (Å²) in [6.45, 7) is 16.6. The highest BCUT2D eigenvalue weighted by Crippen LogP contribution is 2.40. The van der Waals surface area contributed by atoms with Gasteiger partial charge >= 0.3 is 0 Å². The molecule has 4 fully saturated rings. The SMILES string of the molecule is Cc1ncsc1-c1ccc(C(C)NC(=O)C2CC(O)CN2C(=O)C(c2cc(OCCN3CCN(CCOc4cc(N5C6CCC5CN(c5cc(-c7ccccc7O)nnc5N)C6)ccn4)C(C)C3)no2)C(C)C)cc1. The number of hydrogen-bond donors (Lipinski definition) is 4. The van der Waals surface area contributed by atoms with Crippen molar-refractivity contribution in [3.63, 3.8) is 0 Å². The summed E-state index contributed by atoms with van der Waals surface area (Å²) in [5.41, 5.74) is 14.3. The summed E-state index contributed by atoms with van der Waals surface area (Å²) in [5.74, 6) is 0.285. The van der Waals surface area contributed by atoms with Crippen LogP contribution in [0.3, 0.4) is 0 Å². The maximum Gasteiger partial charge on any atom is 0.254 e. The Kier molecular flexibility index (Phi) is 15.5. The van der Waals surface area contributed by atoms with Gasteiger partial charge in [-0.05, 0) is 80.1 Å². The average Bonchev–Trinajstić information content (AvgIpc) is 4.21. The molecule has 20 heteroatoms. The summed E-state index contributed by atoms with van der Waals surface area (Å²) >= 11 is 1.59. The third-order valence-electron chi connectivity index (χ3n) is 15.3. The number of likely N-dealkylation sites (tertiary alicyclic amines) is 1. The number of piperazine rings is 2. The van der Waals surface area contributed by atoms with Gasteiger partial charge in [0.2, 0.25) is 17.7 Å². The van der Waals surface area contributed by atoms with E-state index in [4.69, 9.17) is 19.7 Å². The lowest BCUT2D eigenvalue weighted by molar-refractivity contribution is -0.141. The number of thiazole rings is 1. The fourth-order valence-electron chi connectivity index (χ4n) is 11.4. The van der Waals surface area contributed by atoms with Crippen LogP contribution in [-0.4, -0.2) is 158 Å². The van der Waals surface area contributed by atoms with Crippen LogP contribution in [-0.2, 0) is 9.59 Å². The van der Waals surface area contributed by atoms with Gasteiger partial charge in [-0.15, -0.1) is 21.5 Å². The smallest absolute Gasteiger partial charge is 0.254 e. The highest BCUT2D eigenvalue weighted by Gasteiger charge is 2.44. The standard InChI is InChI=1S/C55H68N12O7S/c1-33(2)51(55(71)66-31-42(68)25-46(66)54(70)59-35(4)37-10-12-38(13-11-37)52-36(5)58-32-75-52)48-27-50(62-74-48)73-22-20-63-18-19-64(34(3)28-63)21-23-72-49-24-39(16-17-57-49)67-40-14-15-41(67)30-65(29-40)45-26-44(60-61-53(45)56)43-8-6-7-9-47(43)69/h6-13,16-17,24,26-27,32-35,40-42,46,51,68-69H,14-15,18-23,25,28-31H2,1-5H3,(H2,56,61)(H,59,70). The third-order valence-corrected chi connectivity index (χ3v) is 16.3.